The van der Waals surface area contributed by atoms with Gasteiger partial charge in [0.1, 0.15) is 4.91 Å². The molecule has 1 saturated heterocycles. The Morgan fingerprint density at radius 1 is 1.36 bits per heavy atom. The van der Waals surface area contributed by atoms with Gasteiger partial charge in [-0.1, -0.05) is 12.5 Å². The molecule has 1 aliphatic carbocycles. The molecule has 1 amide bonds. The van der Waals surface area contributed by atoms with Crippen LogP contribution in [0.3, 0.4) is 0 Å². The number of primary amides is 1. The highest BCUT2D eigenvalue weighted by atomic mass is 32.2. The number of rotatable bonds is 3. The first-order chi connectivity index (χ1) is 10.6. The van der Waals surface area contributed by atoms with E-state index >= 15 is 0 Å². The molecule has 2 aliphatic rings. The number of carbonyl (C=O) groups is 1. The minimum Gasteiger partial charge on any atom is -0.482 e. The zero-order valence-corrected chi connectivity index (χ0v) is 13.6. The maximum Gasteiger partial charge on any atom is 0.355 e. The molecule has 114 valence electrons. The third-order valence-corrected chi connectivity index (χ3v) is 4.87. The quantitative estimate of drug-likeness (QED) is 0.872. The zero-order chi connectivity index (χ0) is 15.5. The van der Waals surface area contributed by atoms with Gasteiger partial charge in [-0.2, -0.15) is 0 Å². The van der Waals surface area contributed by atoms with Gasteiger partial charge in [0.2, 0.25) is 0 Å². The lowest BCUT2D eigenvalue weighted by molar-refractivity contribution is -0.497. The van der Waals surface area contributed by atoms with E-state index in [0.717, 1.165) is 34.7 Å². The second-order valence-electron chi connectivity index (χ2n) is 5.83. The fourth-order valence-electron chi connectivity index (χ4n) is 2.79. The number of nitrogens with two attached hydrogens (primary N) is 1. The van der Waals surface area contributed by atoms with Gasteiger partial charge in [0.15, 0.2) is 10.8 Å². The van der Waals surface area contributed by atoms with Crippen LogP contribution in [-0.2, 0) is 4.79 Å². The first-order valence-electron chi connectivity index (χ1n) is 7.70. The molecule has 2 fully saturated rings. The zero-order valence-electron chi connectivity index (χ0n) is 12.8. The Morgan fingerprint density at radius 2 is 2.14 bits per heavy atom. The number of carbonyl (C=O) groups excluding carboxylic acids is 1. The lowest BCUT2D eigenvalue weighted by Gasteiger charge is -2.22. The van der Waals surface area contributed by atoms with Crippen LogP contribution in [0.5, 0.6) is 5.75 Å². The molecule has 0 spiro atoms. The van der Waals surface area contributed by atoms with Gasteiger partial charge in [-0.25, -0.2) is 10.1 Å². The van der Waals surface area contributed by atoms with E-state index < -0.39 is 0 Å². The maximum absolute atomic E-state index is 11.7. The lowest BCUT2D eigenvalue weighted by Crippen LogP contribution is -2.82. The molecule has 3 rings (SSSR count). The van der Waals surface area contributed by atoms with Crippen LogP contribution < -0.4 is 10.1 Å². The Morgan fingerprint density at radius 3 is 2.77 bits per heavy atom. The van der Waals surface area contributed by atoms with Gasteiger partial charge in [-0.05, 0) is 69.2 Å². The molecule has 0 bridgehead atoms. The van der Waals surface area contributed by atoms with E-state index in [2.05, 4.69) is 18.7 Å². The molecule has 1 aromatic carbocycles. The number of thioether (sulfide) groups is 1. The van der Waals surface area contributed by atoms with Gasteiger partial charge in [0, 0.05) is 11.1 Å². The minimum atomic E-state index is 0.0172. The topological polar surface area (TPSA) is 42.9 Å². The van der Waals surface area contributed by atoms with Crippen molar-refractivity contribution in [2.24, 2.45) is 0 Å². The summed E-state index contributed by atoms with van der Waals surface area (Å²) in [7, 11) is 0. The third kappa shape index (κ3) is 3.55. The molecule has 0 unspecified atom stereocenters. The summed E-state index contributed by atoms with van der Waals surface area (Å²) < 4.78 is 6.05. The molecular weight excluding hydrogens is 294 g/mol. The first-order valence-corrected chi connectivity index (χ1v) is 8.52. The van der Waals surface area contributed by atoms with Crippen molar-refractivity contribution >= 4 is 23.7 Å². The maximum atomic E-state index is 11.7. The average molecular weight is 314 g/mol. The van der Waals surface area contributed by atoms with Crippen LogP contribution in [0.4, 0.5) is 0 Å². The molecule has 1 aliphatic heterocycles. The Labute approximate surface area is 135 Å². The van der Waals surface area contributed by atoms with Crippen molar-refractivity contribution in [3.8, 4) is 5.75 Å². The van der Waals surface area contributed by atoms with Gasteiger partial charge in [-0.3, -0.25) is 0 Å². The van der Waals surface area contributed by atoms with Crippen LogP contribution >= 0.6 is 11.8 Å². The highest BCUT2D eigenvalue weighted by Crippen LogP contribution is 2.28. The summed E-state index contributed by atoms with van der Waals surface area (Å²) in [6, 6.07) is 8.20. The summed E-state index contributed by atoms with van der Waals surface area (Å²) in [5.74, 6) is 0.805. The van der Waals surface area contributed by atoms with Crippen LogP contribution in [0.2, 0.25) is 0 Å². The highest BCUT2D eigenvalue weighted by Gasteiger charge is 2.26. The summed E-state index contributed by atoms with van der Waals surface area (Å²) in [6.07, 6.45) is 8.22. The number of hydrogen-bond donors (Lipinski definition) is 1. The fraction of sp³-hybridized carbons (Fsp3) is 0.389. The van der Waals surface area contributed by atoms with Gasteiger partial charge >= 0.3 is 5.91 Å². The van der Waals surface area contributed by atoms with Crippen molar-refractivity contribution in [1.82, 2.24) is 0 Å². The van der Waals surface area contributed by atoms with E-state index in [0.29, 0.717) is 11.0 Å². The van der Waals surface area contributed by atoms with Crippen LogP contribution in [0.15, 0.2) is 22.6 Å². The Balaban J connectivity index is 1.73. The Bertz CT molecular complexity index is 630. The molecule has 0 radical (unpaired) electrons. The predicted molar refractivity (Wildman–Crippen MR) is 88.0 cm³/mol. The molecule has 1 saturated carbocycles. The molecule has 0 atom stereocenters. The largest absolute Gasteiger partial charge is 0.482 e. The molecular formula is C18H20NO2S+. The SMILES string of the molecule is C=C1[NH2+]C(=O)/C(=C/c2c#cc(OC3CCCCC3)c(C)c2)S1. The number of aryl methyl sites for hydroxylation is 1. The minimum absolute atomic E-state index is 0.0172. The van der Waals surface area contributed by atoms with Crippen LogP contribution in [0, 0.1) is 19.1 Å². The van der Waals surface area contributed by atoms with Crippen molar-refractivity contribution in [1.29, 1.82) is 0 Å². The van der Waals surface area contributed by atoms with Crippen molar-refractivity contribution < 1.29 is 14.8 Å². The standard InChI is InChI=1S/C18H19NO2S/c1-12-10-14(11-17-18(20)19-13(2)22-17)8-9-16(12)21-15-6-4-3-5-7-15/h10-11,15H,2-7H2,1H3,(H,19,20)/p+1/b17-11-. The monoisotopic (exact) mass is 314 g/mol. The average Bonchev–Trinajstić information content (AvgIpc) is 2.81. The van der Waals surface area contributed by atoms with Gasteiger partial charge in [-0.15, -0.1) is 0 Å². The van der Waals surface area contributed by atoms with Gasteiger partial charge in [0.25, 0.3) is 0 Å². The normalized spacial score (nSPS) is 21.2. The molecule has 1 aromatic rings. The number of hydrogen-bond acceptors (Lipinski definition) is 3. The second-order valence-corrected chi connectivity index (χ2v) is 6.99. The Kier molecular flexibility index (Phi) is 4.56. The second kappa shape index (κ2) is 6.60. The fourth-order valence-corrected chi connectivity index (χ4v) is 3.59. The Hall–Kier alpha value is -1.70. The first kappa shape index (κ1) is 15.2. The van der Waals surface area contributed by atoms with Crippen molar-refractivity contribution in [2.45, 2.75) is 45.1 Å². The van der Waals surface area contributed by atoms with Crippen LogP contribution in [0.1, 0.15) is 43.2 Å². The van der Waals surface area contributed by atoms with Crippen molar-refractivity contribution in [2.75, 3.05) is 0 Å². The van der Waals surface area contributed by atoms with Gasteiger partial charge in [0.05, 0.1) is 6.10 Å². The molecule has 2 N–H and O–H groups in total. The van der Waals surface area contributed by atoms with E-state index in [9.17, 15) is 4.79 Å². The summed E-state index contributed by atoms with van der Waals surface area (Å²) in [5.41, 5.74) is 1.89. The van der Waals surface area contributed by atoms with Crippen molar-refractivity contribution in [3.05, 3.63) is 45.8 Å². The summed E-state index contributed by atoms with van der Waals surface area (Å²) in [5, 5.41) is 2.35. The predicted octanol–water partition coefficient (Wildman–Crippen LogP) is 2.96. The molecule has 3 nitrogen and oxygen atoms in total. The number of ether oxygens (including phenoxy) is 1. The summed E-state index contributed by atoms with van der Waals surface area (Å²) in [4.78, 5) is 12.4. The van der Waals surface area contributed by atoms with E-state index in [4.69, 9.17) is 4.74 Å². The van der Waals surface area contributed by atoms with E-state index in [1.165, 1.54) is 31.0 Å². The molecule has 1 heterocycles. The molecule has 4 heteroatoms. The van der Waals surface area contributed by atoms with Crippen LogP contribution in [0.25, 0.3) is 6.08 Å². The highest BCUT2D eigenvalue weighted by molar-refractivity contribution is 8.07. The smallest absolute Gasteiger partial charge is 0.355 e. The van der Waals surface area contributed by atoms with Gasteiger partial charge < -0.3 is 4.74 Å². The van der Waals surface area contributed by atoms with E-state index in [-0.39, 0.29) is 5.91 Å². The van der Waals surface area contributed by atoms with E-state index in [1.54, 1.807) is 5.32 Å². The van der Waals surface area contributed by atoms with E-state index in [1.807, 2.05) is 19.1 Å². The third-order valence-electron chi connectivity index (χ3n) is 3.95. The molecule has 22 heavy (non-hydrogen) atoms. The lowest BCUT2D eigenvalue weighted by atomic mass is 9.98. The van der Waals surface area contributed by atoms with Crippen molar-refractivity contribution in [3.63, 3.8) is 0 Å². The number of amides is 1. The summed E-state index contributed by atoms with van der Waals surface area (Å²) in [6.45, 7) is 5.81. The van der Waals surface area contributed by atoms with Crippen LogP contribution in [-0.4, -0.2) is 12.0 Å². The summed E-state index contributed by atoms with van der Waals surface area (Å²) >= 11 is 1.40. The molecule has 0 aromatic heterocycles. The number of quaternary nitrogens is 1.